The molecule has 0 aromatic heterocycles. The predicted octanol–water partition coefficient (Wildman–Crippen LogP) is 1.83. The maximum Gasteiger partial charge on any atom is 0.315 e. The maximum absolute atomic E-state index is 12.5. The van der Waals surface area contributed by atoms with E-state index in [0.717, 1.165) is 44.4 Å². The summed E-state index contributed by atoms with van der Waals surface area (Å²) in [5.41, 5.74) is 2.16. The van der Waals surface area contributed by atoms with Gasteiger partial charge in [-0.1, -0.05) is 18.2 Å². The van der Waals surface area contributed by atoms with E-state index in [9.17, 15) is 9.59 Å². The van der Waals surface area contributed by atoms with Crippen molar-refractivity contribution in [2.24, 2.45) is 5.92 Å². The van der Waals surface area contributed by atoms with Gasteiger partial charge in [-0.05, 0) is 43.7 Å². The number of nitrogens with one attached hydrogen (secondary N) is 2. The molecule has 2 aliphatic heterocycles. The monoisotopic (exact) mass is 343 g/mol. The van der Waals surface area contributed by atoms with Gasteiger partial charge in [0.25, 0.3) is 0 Å². The highest BCUT2D eigenvalue weighted by Crippen LogP contribution is 2.34. The zero-order chi connectivity index (χ0) is 17.2. The van der Waals surface area contributed by atoms with Crippen LogP contribution in [0.1, 0.15) is 31.2 Å². The van der Waals surface area contributed by atoms with Crippen LogP contribution in [0.3, 0.4) is 0 Å². The van der Waals surface area contributed by atoms with Crippen molar-refractivity contribution in [1.82, 2.24) is 10.6 Å². The number of benzene rings is 1. The van der Waals surface area contributed by atoms with Crippen molar-refractivity contribution < 1.29 is 14.3 Å². The first-order valence-corrected chi connectivity index (χ1v) is 9.26. The number of anilines is 1. The summed E-state index contributed by atoms with van der Waals surface area (Å²) in [5, 5.41) is 5.79. The first-order valence-electron chi connectivity index (χ1n) is 9.26. The Labute approximate surface area is 147 Å². The molecule has 6 heteroatoms. The summed E-state index contributed by atoms with van der Waals surface area (Å²) in [7, 11) is 0. The van der Waals surface area contributed by atoms with Crippen LogP contribution in [-0.2, 0) is 16.0 Å². The second kappa shape index (κ2) is 7.04. The smallest absolute Gasteiger partial charge is 0.315 e. The molecule has 6 nitrogen and oxygen atoms in total. The van der Waals surface area contributed by atoms with Gasteiger partial charge >= 0.3 is 6.03 Å². The van der Waals surface area contributed by atoms with E-state index in [1.165, 1.54) is 5.56 Å². The summed E-state index contributed by atoms with van der Waals surface area (Å²) >= 11 is 0. The number of carbonyl (C=O) groups excluding carboxylic acids is 2. The largest absolute Gasteiger partial charge is 0.378 e. The van der Waals surface area contributed by atoms with Crippen LogP contribution < -0.4 is 15.5 Å². The number of nitrogens with zero attached hydrogens (tertiary/aromatic N) is 1. The van der Waals surface area contributed by atoms with Crippen molar-refractivity contribution >= 4 is 17.6 Å². The van der Waals surface area contributed by atoms with E-state index < -0.39 is 0 Å². The lowest BCUT2D eigenvalue weighted by Crippen LogP contribution is -2.51. The van der Waals surface area contributed by atoms with E-state index in [2.05, 4.69) is 10.6 Å². The number of hydrogen-bond donors (Lipinski definition) is 2. The highest BCUT2D eigenvalue weighted by Gasteiger charge is 2.38. The van der Waals surface area contributed by atoms with Crippen molar-refractivity contribution in [2.45, 2.75) is 44.2 Å². The van der Waals surface area contributed by atoms with Gasteiger partial charge in [0.2, 0.25) is 5.91 Å². The van der Waals surface area contributed by atoms with Crippen LogP contribution in [0.5, 0.6) is 0 Å². The molecule has 0 spiro atoms. The molecule has 0 bridgehead atoms. The number of fused-ring (bicyclic) bond motifs is 2. The highest BCUT2D eigenvalue weighted by atomic mass is 16.5. The van der Waals surface area contributed by atoms with E-state index in [1.54, 1.807) is 4.90 Å². The van der Waals surface area contributed by atoms with E-state index in [0.29, 0.717) is 18.6 Å². The summed E-state index contributed by atoms with van der Waals surface area (Å²) in [6.07, 6.45) is 5.35. The SMILES string of the molecule is O=C(NCC(=O)N1CCc2ccccc21)N[C@H]1CCCC2OCCC21. The Kier molecular flexibility index (Phi) is 4.61. The third kappa shape index (κ3) is 3.35. The van der Waals surface area contributed by atoms with Crippen LogP contribution in [0, 0.1) is 5.92 Å². The van der Waals surface area contributed by atoms with Crippen molar-refractivity contribution in [2.75, 3.05) is 24.6 Å². The molecule has 0 radical (unpaired) electrons. The molecule has 1 saturated heterocycles. The Morgan fingerprint density at radius 2 is 2.08 bits per heavy atom. The zero-order valence-corrected chi connectivity index (χ0v) is 14.4. The number of carbonyl (C=O) groups is 2. The Hall–Kier alpha value is -2.08. The summed E-state index contributed by atoms with van der Waals surface area (Å²) in [5.74, 6) is 0.353. The van der Waals surface area contributed by atoms with E-state index in [1.807, 2.05) is 24.3 Å². The first-order chi connectivity index (χ1) is 12.2. The van der Waals surface area contributed by atoms with Crippen molar-refractivity contribution in [3.8, 4) is 0 Å². The minimum Gasteiger partial charge on any atom is -0.378 e. The first kappa shape index (κ1) is 16.4. The number of urea groups is 1. The van der Waals surface area contributed by atoms with Crippen LogP contribution in [0.2, 0.25) is 0 Å². The van der Waals surface area contributed by atoms with Crippen LogP contribution in [0.25, 0.3) is 0 Å². The van der Waals surface area contributed by atoms with Gasteiger partial charge in [-0.15, -0.1) is 0 Å². The number of para-hydroxylation sites is 1. The van der Waals surface area contributed by atoms with Gasteiger partial charge in [-0.3, -0.25) is 4.79 Å². The fourth-order valence-corrected chi connectivity index (χ4v) is 4.42. The fraction of sp³-hybridized carbons (Fsp3) is 0.579. The summed E-state index contributed by atoms with van der Waals surface area (Å²) < 4.78 is 5.74. The molecule has 1 saturated carbocycles. The second-order valence-electron chi connectivity index (χ2n) is 7.15. The lowest BCUT2D eigenvalue weighted by Gasteiger charge is -2.33. The molecule has 1 aromatic rings. The van der Waals surface area contributed by atoms with Gasteiger partial charge in [0.1, 0.15) is 0 Å². The molecule has 4 rings (SSSR count). The van der Waals surface area contributed by atoms with Crippen LogP contribution >= 0.6 is 0 Å². The molecular weight excluding hydrogens is 318 g/mol. The van der Waals surface area contributed by atoms with E-state index in [4.69, 9.17) is 4.74 Å². The Morgan fingerprint density at radius 1 is 1.20 bits per heavy atom. The summed E-state index contributed by atoms with van der Waals surface area (Å²) in [6, 6.07) is 7.84. The van der Waals surface area contributed by atoms with Gasteiger partial charge < -0.3 is 20.3 Å². The topological polar surface area (TPSA) is 70.7 Å². The van der Waals surface area contributed by atoms with Gasteiger partial charge in [0, 0.05) is 30.8 Å². The Morgan fingerprint density at radius 3 is 3.00 bits per heavy atom. The molecule has 2 unspecified atom stereocenters. The Balaban J connectivity index is 1.28. The number of hydrogen-bond acceptors (Lipinski definition) is 3. The minimum atomic E-state index is -0.251. The average molecular weight is 343 g/mol. The quantitative estimate of drug-likeness (QED) is 0.880. The molecule has 3 atom stereocenters. The Bertz CT molecular complexity index is 663. The van der Waals surface area contributed by atoms with Crippen LogP contribution in [-0.4, -0.2) is 43.8 Å². The maximum atomic E-state index is 12.5. The molecule has 25 heavy (non-hydrogen) atoms. The average Bonchev–Trinajstić information content (AvgIpc) is 3.27. The predicted molar refractivity (Wildman–Crippen MR) is 94.5 cm³/mol. The van der Waals surface area contributed by atoms with Crippen LogP contribution in [0.4, 0.5) is 10.5 Å². The zero-order valence-electron chi connectivity index (χ0n) is 14.4. The number of amides is 3. The lowest BCUT2D eigenvalue weighted by molar-refractivity contribution is -0.117. The molecule has 134 valence electrons. The molecule has 1 aliphatic carbocycles. The van der Waals surface area contributed by atoms with E-state index >= 15 is 0 Å². The summed E-state index contributed by atoms with van der Waals surface area (Å²) in [4.78, 5) is 26.4. The number of ether oxygens (including phenoxy) is 1. The standard InChI is InChI=1S/C19H25N3O3/c23-18(22-10-8-13-4-1-2-6-16(13)22)12-20-19(24)21-15-5-3-7-17-14(15)9-11-25-17/h1-2,4,6,14-15,17H,3,5,7-12H2,(H2,20,21,24)/t14?,15-,17?/m0/s1. The second-order valence-corrected chi connectivity index (χ2v) is 7.15. The normalized spacial score (nSPS) is 27.5. The molecule has 2 N–H and O–H groups in total. The van der Waals surface area contributed by atoms with Gasteiger partial charge in [-0.2, -0.15) is 0 Å². The third-order valence-corrected chi connectivity index (χ3v) is 5.69. The number of rotatable bonds is 3. The van der Waals surface area contributed by atoms with Gasteiger partial charge in [-0.25, -0.2) is 4.79 Å². The summed E-state index contributed by atoms with van der Waals surface area (Å²) in [6.45, 7) is 1.50. The lowest BCUT2D eigenvalue weighted by atomic mass is 9.82. The van der Waals surface area contributed by atoms with Crippen LogP contribution in [0.15, 0.2) is 24.3 Å². The molecular formula is C19H25N3O3. The fourth-order valence-electron chi connectivity index (χ4n) is 4.42. The van der Waals surface area contributed by atoms with Crippen molar-refractivity contribution in [1.29, 1.82) is 0 Å². The van der Waals surface area contributed by atoms with Gasteiger partial charge in [0.05, 0.1) is 12.6 Å². The molecule has 2 fully saturated rings. The van der Waals surface area contributed by atoms with Crippen molar-refractivity contribution in [3.63, 3.8) is 0 Å². The van der Waals surface area contributed by atoms with Crippen molar-refractivity contribution in [3.05, 3.63) is 29.8 Å². The van der Waals surface area contributed by atoms with Gasteiger partial charge in [0.15, 0.2) is 0 Å². The molecule has 2 heterocycles. The molecule has 3 amide bonds. The minimum absolute atomic E-state index is 0.0253. The third-order valence-electron chi connectivity index (χ3n) is 5.69. The molecule has 3 aliphatic rings. The molecule has 1 aromatic carbocycles. The van der Waals surface area contributed by atoms with E-state index in [-0.39, 0.29) is 24.5 Å². The highest BCUT2D eigenvalue weighted by molar-refractivity contribution is 5.98.